The molecule has 590 valence electrons. The second-order valence-corrected chi connectivity index (χ2v) is 28.0. The molecule has 40 heteroatoms. The van der Waals surface area contributed by atoms with Crippen molar-refractivity contribution in [2.24, 2.45) is 39.3 Å². The summed E-state index contributed by atoms with van der Waals surface area (Å²) in [5.41, 5.74) is 22.5. The zero-order chi connectivity index (χ0) is 79.4. The van der Waals surface area contributed by atoms with E-state index in [4.69, 9.17) is 27.7 Å². The summed E-state index contributed by atoms with van der Waals surface area (Å²) in [4.78, 5) is 207. The second-order valence-electron chi connectivity index (χ2n) is 26.5. The molecule has 0 saturated carbocycles. The molecule has 24 N–H and O–H groups in total. The van der Waals surface area contributed by atoms with E-state index in [9.17, 15) is 103 Å². The van der Waals surface area contributed by atoms with Gasteiger partial charge in [-0.25, -0.2) is 4.79 Å². The highest BCUT2D eigenvalue weighted by Gasteiger charge is 2.42. The predicted octanol–water partition coefficient (Wildman–Crippen LogP) is -5.95. The van der Waals surface area contributed by atoms with Crippen molar-refractivity contribution < 1.29 is 107 Å². The number of amides is 11. The summed E-state index contributed by atoms with van der Waals surface area (Å²) in [5, 5.41) is 84.2. The molecule has 1 fully saturated rings. The van der Waals surface area contributed by atoms with Gasteiger partial charge in [0.05, 0.1) is 36.7 Å². The van der Waals surface area contributed by atoms with E-state index in [1.54, 1.807) is 65.0 Å². The number of hydrogen-bond acceptors (Lipinski definition) is 24. The topological polar surface area (TPSA) is 627 Å². The lowest BCUT2D eigenvalue weighted by molar-refractivity contribution is -0.152. The molecule has 38 nitrogen and oxygen atoms in total. The molecule has 1 aliphatic heterocycles. The third kappa shape index (κ3) is 33.8. The Morgan fingerprint density at radius 1 is 0.629 bits per heavy atom. The maximum absolute atomic E-state index is 14.7. The Balaban J connectivity index is 2.43. The number of carbonyl (C=O) groups excluding carboxylic acids is 12. The van der Waals surface area contributed by atoms with Crippen molar-refractivity contribution in [1.82, 2.24) is 58.1 Å². The van der Waals surface area contributed by atoms with Crippen LogP contribution in [0, 0.1) is 11.3 Å². The molecule has 2 rings (SSSR count). The number of nitrogens with two attached hydrogens (primary N) is 4. The molecule has 0 aromatic heterocycles. The summed E-state index contributed by atoms with van der Waals surface area (Å²) >= 11 is 5.37. The average molecular weight is 1530 g/mol. The number of guanidine groups is 1. The van der Waals surface area contributed by atoms with Gasteiger partial charge in [-0.15, -0.1) is 0 Å². The van der Waals surface area contributed by atoms with Crippen LogP contribution >= 0.6 is 24.4 Å². The zero-order valence-corrected chi connectivity index (χ0v) is 61.7. The van der Waals surface area contributed by atoms with Crippen molar-refractivity contribution in [1.29, 1.82) is 0 Å². The predicted molar refractivity (Wildman–Crippen MR) is 383 cm³/mol. The number of nitrogens with zero attached hydrogens (tertiary/aromatic N) is 2. The van der Waals surface area contributed by atoms with Crippen molar-refractivity contribution in [3.05, 3.63) is 35.9 Å². The fourth-order valence-electron chi connectivity index (χ4n) is 10.3. The van der Waals surface area contributed by atoms with Crippen LogP contribution in [0.2, 0.25) is 0 Å². The minimum atomic E-state index is -1.91. The van der Waals surface area contributed by atoms with Gasteiger partial charge >= 0.3 is 23.9 Å². The summed E-state index contributed by atoms with van der Waals surface area (Å²) in [6.07, 6.45) is -5.65. The number of aliphatic imine (C=N–C) groups is 1. The van der Waals surface area contributed by atoms with E-state index in [0.29, 0.717) is 12.0 Å². The fourth-order valence-corrected chi connectivity index (χ4v) is 11.3. The van der Waals surface area contributed by atoms with Crippen LogP contribution in [0.25, 0.3) is 0 Å². The molecule has 14 atom stereocenters. The highest BCUT2D eigenvalue weighted by Crippen LogP contribution is 2.22. The first-order valence-electron chi connectivity index (χ1n) is 34.1. The Bertz CT molecular complexity index is 3140. The molecule has 1 heterocycles. The smallest absolute Gasteiger partial charge is 0.328 e. The van der Waals surface area contributed by atoms with Gasteiger partial charge in [0.25, 0.3) is 0 Å². The molecule has 0 spiro atoms. The molecule has 0 aliphatic carbocycles. The van der Waals surface area contributed by atoms with Crippen LogP contribution in [0.1, 0.15) is 125 Å². The van der Waals surface area contributed by atoms with Gasteiger partial charge in [-0.2, -0.15) is 24.4 Å². The summed E-state index contributed by atoms with van der Waals surface area (Å²) in [7, 11) is 0. The van der Waals surface area contributed by atoms with Crippen LogP contribution in [0.4, 0.5) is 0 Å². The van der Waals surface area contributed by atoms with Crippen molar-refractivity contribution in [2.75, 3.05) is 50.1 Å². The number of nitrogens with one attached hydrogen (secondary N) is 10. The van der Waals surface area contributed by atoms with E-state index in [1.807, 2.05) is 0 Å². The lowest BCUT2D eigenvalue weighted by Crippen LogP contribution is -2.62. The Morgan fingerprint density at radius 2 is 1.14 bits per heavy atom. The Kier molecular flexibility index (Phi) is 41.0. The first-order chi connectivity index (χ1) is 49.3. The monoisotopic (exact) mass is 1530 g/mol. The van der Waals surface area contributed by atoms with Gasteiger partial charge in [-0.05, 0) is 110 Å². The van der Waals surface area contributed by atoms with E-state index in [1.165, 1.54) is 0 Å². The number of esters is 1. The number of benzene rings is 1. The SMILES string of the molecule is CC(C)C[C@H](NC(=O)[C@H](Cc1ccccc1)NC(=O)[C@H](CS)NC(=O)[C@H](CC(=O)O)NC(=O)[C@@H](N)CSCCOC(=O)C(C)(C)C)C(=O)N[C@@H](CO)C(=O)N[C@@H](CCCN=C(N)N)C(=O)N1CCC[C@H]1C(=O)N[C@H](C(=O)N[C@@H](CCC(=O)O)C(=O)N[C@@H](CCCCN)C(=O)N[C@H](C(=O)O)[C@@H](C)O)[C@@H](C)O. The number of carboxylic acid groups (broad SMARTS) is 3. The van der Waals surface area contributed by atoms with E-state index in [-0.39, 0.29) is 101 Å². The Labute approximate surface area is 617 Å². The minimum Gasteiger partial charge on any atom is -0.481 e. The standard InChI is InChI=1S/C65H106N16O22S2/c1-33(2)27-41(75-55(93)42(28-36-15-9-8-10-16-36)76-58(96)45(31-104)78-56(94)43(29-48(87)88)74-51(89)37(67)32-105-26-25-103-63(102)65(5,6)7)54(92)77-44(30-82)57(95)73-40(18-13-23-70-64(68)69)61(99)81-24-14-19-46(81)59(97)79-49(34(3)83)60(98)72-39(20-21-47(85)86)52(90)71-38(17-11-12-22-66)53(91)80-50(35(4)84)62(100)101/h8-10,15-16,33-35,37-46,49-50,82-84,104H,11-14,17-32,66-67H2,1-7H3,(H,71,90)(H,72,98)(H,73,95)(H,74,89)(H,75,93)(H,76,96)(H,77,92)(H,78,94)(H,79,97)(H,80,91)(H,85,86)(H,87,88)(H,100,101)(H4,68,69,70)/t34-,35-,37+,38+,39+,40+,41+,42+,43+,44+,45+,46+,49+,50+/m1/s1. The number of ether oxygens (including phenoxy) is 1. The highest BCUT2D eigenvalue weighted by atomic mass is 32.2. The van der Waals surface area contributed by atoms with Crippen LogP contribution in [0.5, 0.6) is 0 Å². The molecule has 1 saturated heterocycles. The molecule has 1 aliphatic rings. The maximum Gasteiger partial charge on any atom is 0.328 e. The number of hydrogen-bond donors (Lipinski definition) is 21. The first-order valence-corrected chi connectivity index (χ1v) is 35.9. The van der Waals surface area contributed by atoms with E-state index >= 15 is 0 Å². The van der Waals surface area contributed by atoms with Crippen LogP contribution in [-0.2, 0) is 83.1 Å². The van der Waals surface area contributed by atoms with Crippen LogP contribution < -0.4 is 76.1 Å². The fraction of sp³-hybridized carbons (Fsp3) is 0.662. The lowest BCUT2D eigenvalue weighted by Gasteiger charge is -2.31. The number of carboxylic acids is 3. The normalized spacial score (nSPS) is 16.5. The van der Waals surface area contributed by atoms with E-state index in [2.05, 4.69) is 70.8 Å². The molecule has 0 radical (unpaired) electrons. The van der Waals surface area contributed by atoms with Gasteiger partial charge < -0.3 is 116 Å². The number of likely N-dealkylation sites (tertiary alicyclic amines) is 1. The number of aliphatic hydroxyl groups excluding tert-OH is 3. The lowest BCUT2D eigenvalue weighted by atomic mass is 9.97. The van der Waals surface area contributed by atoms with Crippen LogP contribution in [0.3, 0.4) is 0 Å². The van der Waals surface area contributed by atoms with Gasteiger partial charge in [0, 0.05) is 43.2 Å². The van der Waals surface area contributed by atoms with Crippen molar-refractivity contribution in [3.8, 4) is 0 Å². The van der Waals surface area contributed by atoms with Crippen molar-refractivity contribution in [2.45, 2.75) is 210 Å². The number of rotatable bonds is 48. The molecule has 1 aromatic carbocycles. The number of thioether (sulfide) groups is 1. The van der Waals surface area contributed by atoms with Gasteiger partial charge in [0.2, 0.25) is 65.0 Å². The third-order valence-corrected chi connectivity index (χ3v) is 17.4. The third-order valence-electron chi connectivity index (χ3n) is 16.0. The molecule has 1 aromatic rings. The quantitative estimate of drug-likeness (QED) is 0.00950. The van der Waals surface area contributed by atoms with Crippen molar-refractivity contribution in [3.63, 3.8) is 0 Å². The molecule has 11 amide bonds. The summed E-state index contributed by atoms with van der Waals surface area (Å²) in [6.45, 7) is 9.48. The molecule has 0 bridgehead atoms. The second kappa shape index (κ2) is 46.8. The largest absolute Gasteiger partial charge is 0.481 e. The number of aliphatic hydroxyl groups is 3. The van der Waals surface area contributed by atoms with E-state index < -0.39 is 211 Å². The Hall–Kier alpha value is -8.96. The summed E-state index contributed by atoms with van der Waals surface area (Å²) < 4.78 is 5.21. The first kappa shape index (κ1) is 92.1. The molecular formula is C65H106N16O22S2. The zero-order valence-electron chi connectivity index (χ0n) is 60.0. The highest BCUT2D eigenvalue weighted by molar-refractivity contribution is 7.99. The number of aliphatic carboxylic acids is 3. The molecule has 105 heavy (non-hydrogen) atoms. The van der Waals surface area contributed by atoms with Gasteiger partial charge in [-0.1, -0.05) is 44.2 Å². The number of carbonyl (C=O) groups is 15. The number of thiol groups is 1. The van der Waals surface area contributed by atoms with Crippen LogP contribution in [-0.4, -0.2) is 265 Å². The molecule has 0 unspecified atom stereocenters. The molecular weight excluding hydrogens is 1420 g/mol. The summed E-state index contributed by atoms with van der Waals surface area (Å²) in [6, 6.07) is -11.2. The van der Waals surface area contributed by atoms with Crippen LogP contribution in [0.15, 0.2) is 35.3 Å². The van der Waals surface area contributed by atoms with Gasteiger partial charge in [0.15, 0.2) is 12.0 Å². The average Bonchev–Trinajstić information content (AvgIpc) is 1.75. The maximum atomic E-state index is 14.7. The minimum absolute atomic E-state index is 0.00466. The van der Waals surface area contributed by atoms with Gasteiger partial charge in [0.1, 0.15) is 67.0 Å². The van der Waals surface area contributed by atoms with E-state index in [0.717, 1.165) is 30.5 Å². The van der Waals surface area contributed by atoms with Crippen molar-refractivity contribution >= 4 is 119 Å². The summed E-state index contributed by atoms with van der Waals surface area (Å²) in [5.74, 6) is -17.4. The Morgan fingerprint density at radius 3 is 1.70 bits per heavy atom. The number of unbranched alkanes of at least 4 members (excludes halogenated alkanes) is 1. The van der Waals surface area contributed by atoms with Gasteiger partial charge in [-0.3, -0.25) is 72.1 Å².